The van der Waals surface area contributed by atoms with Crippen molar-refractivity contribution in [3.8, 4) is 0 Å². The maximum Gasteiger partial charge on any atom is 0.466 e. The van der Waals surface area contributed by atoms with Crippen molar-refractivity contribution in [2.24, 2.45) is 0 Å². The third-order valence-electron chi connectivity index (χ3n) is 0. The van der Waals surface area contributed by atoms with Crippen molar-refractivity contribution in [3.63, 3.8) is 0 Å². The Bertz CT molecular complexity index is 126. The van der Waals surface area contributed by atoms with Gasteiger partial charge in [0.25, 0.3) is 0 Å². The number of phosphoric acid groups is 1. The monoisotopic (exact) mass is 310 g/mol. The van der Waals surface area contributed by atoms with Crippen LogP contribution in [0.5, 0.6) is 0 Å². The molecule has 0 aromatic rings. The topological polar surface area (TPSA) is 77.8 Å². The molecule has 0 amide bonds. The zero-order chi connectivity index (χ0) is 9.91. The normalized spacial score (nSPS) is 5.93. The summed E-state index contributed by atoms with van der Waals surface area (Å²) in [6.45, 7) is 13.0. The van der Waals surface area contributed by atoms with Crippen LogP contribution < -0.4 is 0 Å². The second-order valence-electron chi connectivity index (χ2n) is 1.09. The minimum atomic E-state index is -4.64. The number of allylic oxidation sites excluding steroid dienone is 2. The van der Waals surface area contributed by atoms with Crippen LogP contribution in [-0.2, 0) is 51.0 Å². The molecule has 0 atom stereocenters. The minimum Gasteiger partial charge on any atom is -0.813 e. The Balaban J connectivity index is -0.0000000162. The molecule has 0 heterocycles. The van der Waals surface area contributed by atoms with Crippen molar-refractivity contribution in [1.29, 1.82) is 0 Å². The molecular weight excluding hydrogens is 297 g/mol. The summed E-state index contributed by atoms with van der Waals surface area (Å²) in [5.74, 6) is 0. The van der Waals surface area contributed by atoms with Gasteiger partial charge < -0.3 is 41.7 Å². The van der Waals surface area contributed by atoms with Gasteiger partial charge in [0.1, 0.15) is 0 Å². The van der Waals surface area contributed by atoms with Gasteiger partial charge in [0, 0.05) is 19.5 Å². The molecule has 3 N–H and O–H groups in total. The minimum absolute atomic E-state index is 0. The van der Waals surface area contributed by atoms with Crippen molar-refractivity contribution in [2.45, 2.75) is 0 Å². The van der Waals surface area contributed by atoms with E-state index < -0.39 is 7.82 Å². The van der Waals surface area contributed by atoms with Crippen LogP contribution in [0.25, 0.3) is 0 Å². The average molecular weight is 312 g/mol. The molecule has 86 valence electrons. The van der Waals surface area contributed by atoms with E-state index >= 15 is 0 Å². The van der Waals surface area contributed by atoms with Gasteiger partial charge >= 0.3 is 7.82 Å². The number of hydrogen-bond donors (Lipinski definition) is 3. The average Bonchev–Trinajstić information content (AvgIpc) is 1.62. The molecule has 0 rings (SSSR count). The van der Waals surface area contributed by atoms with E-state index in [1.807, 2.05) is 0 Å². The van der Waals surface area contributed by atoms with Crippen molar-refractivity contribution >= 4 is 34.8 Å². The van der Waals surface area contributed by atoms with Gasteiger partial charge in [-0.25, -0.2) is 43.7 Å². The number of thiol groups is 2. The first-order chi connectivity index (χ1) is 4.83. The van der Waals surface area contributed by atoms with Gasteiger partial charge in [-0.2, -0.15) is 0 Å². The largest absolute Gasteiger partial charge is 0.813 e. The molecule has 0 aliphatic rings. The molecule has 0 fully saturated rings. The summed E-state index contributed by atoms with van der Waals surface area (Å²) < 4.78 is 8.88. The van der Waals surface area contributed by atoms with Crippen LogP contribution in [0.15, 0.2) is 25.3 Å². The van der Waals surface area contributed by atoms with E-state index in [1.54, 1.807) is 0 Å². The summed E-state index contributed by atoms with van der Waals surface area (Å²) in [6.07, 6.45) is 3.00. The Kier molecular flexibility index (Phi) is 76.1. The van der Waals surface area contributed by atoms with Crippen LogP contribution in [0, 0.1) is 13.8 Å². The fourth-order valence-corrected chi connectivity index (χ4v) is 0. The number of hydrogen-bond acceptors (Lipinski definition) is 3. The maximum absolute atomic E-state index is 8.88. The first-order valence-electron chi connectivity index (χ1n) is 2.42. The Morgan fingerprint density at radius 3 is 1.00 bits per heavy atom. The van der Waals surface area contributed by atoms with Gasteiger partial charge in [-0.15, -0.1) is 0 Å². The SMILES string of the molecule is C=C[CH2-].C=C[CH2-].O=P(O)(O)O.[SH-].[SH-].[Zn]. The molecule has 0 saturated carbocycles. The Hall–Kier alpha value is 0.653. The fraction of sp³-hybridized carbons (Fsp3) is 0. The Labute approximate surface area is 112 Å². The second kappa shape index (κ2) is 29.2. The molecule has 0 unspecified atom stereocenters. The van der Waals surface area contributed by atoms with Crippen LogP contribution in [0.2, 0.25) is 0 Å². The summed E-state index contributed by atoms with van der Waals surface area (Å²) in [6, 6.07) is 0. The van der Waals surface area contributed by atoms with E-state index in [-0.39, 0.29) is 46.5 Å². The van der Waals surface area contributed by atoms with Crippen LogP contribution >= 0.6 is 7.82 Å². The van der Waals surface area contributed by atoms with Crippen LogP contribution in [0.1, 0.15) is 0 Å². The van der Waals surface area contributed by atoms with Crippen LogP contribution in [-0.4, -0.2) is 14.7 Å². The number of rotatable bonds is 0. The van der Waals surface area contributed by atoms with Crippen molar-refractivity contribution in [3.05, 3.63) is 39.2 Å². The van der Waals surface area contributed by atoms with E-state index in [2.05, 4.69) is 27.0 Å². The van der Waals surface area contributed by atoms with Crippen molar-refractivity contribution < 1.29 is 38.7 Å². The van der Waals surface area contributed by atoms with E-state index in [1.165, 1.54) is 12.2 Å². The smallest absolute Gasteiger partial charge is 0.466 e. The van der Waals surface area contributed by atoms with Crippen molar-refractivity contribution in [2.75, 3.05) is 0 Å². The standard InChI is InChI=1S/2C3H5.H3O4P.2H2S.Zn/c2*1-3-2;1-5(2,3)4;;;/h2*3H,1-2H2;(H3,1,2,3,4);2*1H2;/q2*-1;;;;/p-2. The molecule has 0 aromatic heterocycles. The molecule has 0 saturated heterocycles. The zero-order valence-corrected chi connectivity index (χ0v) is 13.4. The van der Waals surface area contributed by atoms with E-state index in [9.17, 15) is 0 Å². The maximum atomic E-state index is 8.88. The van der Waals surface area contributed by atoms with E-state index in [0.29, 0.717) is 0 Å². The third-order valence-corrected chi connectivity index (χ3v) is 0. The second-order valence-corrected chi connectivity index (χ2v) is 2.12. The first-order valence-corrected chi connectivity index (χ1v) is 3.98. The van der Waals surface area contributed by atoms with Gasteiger partial charge in [0.2, 0.25) is 0 Å². The molecule has 14 heavy (non-hydrogen) atoms. The molecule has 0 radical (unpaired) electrons. The molecule has 0 aliphatic heterocycles. The quantitative estimate of drug-likeness (QED) is 0.199. The van der Waals surface area contributed by atoms with Gasteiger partial charge in [-0.3, -0.25) is 0 Å². The molecule has 0 bridgehead atoms. The summed E-state index contributed by atoms with van der Waals surface area (Å²) in [4.78, 5) is 21.6. The van der Waals surface area contributed by atoms with Gasteiger partial charge in [0.05, 0.1) is 0 Å². The zero-order valence-electron chi connectivity index (χ0n) is 7.78. The molecule has 0 spiro atoms. The molecule has 0 aliphatic carbocycles. The summed E-state index contributed by atoms with van der Waals surface area (Å²) in [5, 5.41) is 0. The summed E-state index contributed by atoms with van der Waals surface area (Å²) >= 11 is 0. The van der Waals surface area contributed by atoms with Gasteiger partial charge in [-0.05, 0) is 0 Å². The molecule has 8 heteroatoms. The summed E-state index contributed by atoms with van der Waals surface area (Å²) in [7, 11) is -4.64. The fourth-order valence-electron chi connectivity index (χ4n) is 0. The predicted octanol–water partition coefficient (Wildman–Crippen LogP) is 0.542. The van der Waals surface area contributed by atoms with Crippen LogP contribution in [0.4, 0.5) is 0 Å². The van der Waals surface area contributed by atoms with Crippen LogP contribution in [0.3, 0.4) is 0 Å². The molecule has 4 nitrogen and oxygen atoms in total. The Morgan fingerprint density at radius 2 is 1.00 bits per heavy atom. The van der Waals surface area contributed by atoms with Gasteiger partial charge in [0.15, 0.2) is 0 Å². The van der Waals surface area contributed by atoms with E-state index in [4.69, 9.17) is 19.2 Å². The molecular formula is C6H15O4PS2Zn-4. The van der Waals surface area contributed by atoms with Crippen molar-refractivity contribution in [1.82, 2.24) is 0 Å². The van der Waals surface area contributed by atoms with E-state index in [0.717, 1.165) is 0 Å². The third kappa shape index (κ3) is 4030. The first kappa shape index (κ1) is 36.5. The van der Waals surface area contributed by atoms with Gasteiger partial charge in [-0.1, -0.05) is 0 Å². The molecule has 0 aromatic carbocycles. The predicted molar refractivity (Wildman–Crippen MR) is 62.9 cm³/mol. The summed E-state index contributed by atoms with van der Waals surface area (Å²) in [5.41, 5.74) is 0. The Morgan fingerprint density at radius 1 is 1.00 bits per heavy atom.